The van der Waals surface area contributed by atoms with E-state index in [9.17, 15) is 4.79 Å². The molecule has 0 saturated carbocycles. The molecule has 0 radical (unpaired) electrons. The minimum Gasteiger partial charge on any atom is -0.493 e. The van der Waals surface area contributed by atoms with E-state index in [2.05, 4.69) is 37.3 Å². The van der Waals surface area contributed by atoms with Gasteiger partial charge in [-0.15, -0.1) is 0 Å². The summed E-state index contributed by atoms with van der Waals surface area (Å²) in [5.41, 5.74) is 2.08. The Morgan fingerprint density at radius 2 is 2.29 bits per heavy atom. The maximum absolute atomic E-state index is 10.9. The average molecular weight is 350 g/mol. The standard InChI is InChI=1S/C14H12BrN3O3/c15-10-3-8-1-2-21-13(8)9(4-10)5-17-12-7-16-6-11(18-12)14(19)20/h3-4,6-7H,1-2,5H2,(H,17,18)(H,19,20). The van der Waals surface area contributed by atoms with Gasteiger partial charge in [0.1, 0.15) is 11.6 Å². The van der Waals surface area contributed by atoms with Gasteiger partial charge in [0, 0.05) is 23.0 Å². The zero-order valence-electron chi connectivity index (χ0n) is 11.0. The molecule has 1 aromatic heterocycles. The highest BCUT2D eigenvalue weighted by Gasteiger charge is 2.17. The molecule has 0 unspecified atom stereocenters. The Morgan fingerprint density at radius 1 is 1.43 bits per heavy atom. The van der Waals surface area contributed by atoms with Crippen molar-refractivity contribution in [3.8, 4) is 5.75 Å². The number of hydrogen-bond acceptors (Lipinski definition) is 5. The second kappa shape index (κ2) is 5.69. The van der Waals surface area contributed by atoms with Crippen molar-refractivity contribution in [2.75, 3.05) is 11.9 Å². The largest absolute Gasteiger partial charge is 0.493 e. The number of aromatic carboxylic acids is 1. The van der Waals surface area contributed by atoms with Gasteiger partial charge >= 0.3 is 5.97 Å². The molecule has 108 valence electrons. The molecule has 2 aromatic rings. The molecule has 1 aromatic carbocycles. The Bertz CT molecular complexity index is 706. The SMILES string of the molecule is O=C(O)c1cncc(NCc2cc(Br)cc3c2OCC3)n1. The number of ether oxygens (including phenoxy) is 1. The normalized spacial score (nSPS) is 12.6. The maximum Gasteiger partial charge on any atom is 0.356 e. The fourth-order valence-electron chi connectivity index (χ4n) is 2.22. The molecule has 21 heavy (non-hydrogen) atoms. The Labute approximate surface area is 129 Å². The third-order valence-corrected chi connectivity index (χ3v) is 3.60. The van der Waals surface area contributed by atoms with Crippen molar-refractivity contribution in [3.63, 3.8) is 0 Å². The first-order chi connectivity index (χ1) is 10.1. The van der Waals surface area contributed by atoms with Crippen LogP contribution in [-0.2, 0) is 13.0 Å². The summed E-state index contributed by atoms with van der Waals surface area (Å²) in [7, 11) is 0. The van der Waals surface area contributed by atoms with Crippen LogP contribution < -0.4 is 10.1 Å². The first kappa shape index (κ1) is 13.8. The molecular formula is C14H12BrN3O3. The number of rotatable bonds is 4. The molecule has 0 saturated heterocycles. The Hall–Kier alpha value is -2.15. The van der Waals surface area contributed by atoms with Gasteiger partial charge in [-0.3, -0.25) is 4.98 Å². The molecule has 6 nitrogen and oxygen atoms in total. The van der Waals surface area contributed by atoms with Crippen LogP contribution in [0.2, 0.25) is 0 Å². The number of carboxylic acids is 1. The summed E-state index contributed by atoms with van der Waals surface area (Å²) in [6, 6.07) is 4.03. The zero-order valence-corrected chi connectivity index (χ0v) is 12.6. The van der Waals surface area contributed by atoms with E-state index in [-0.39, 0.29) is 5.69 Å². The number of hydrogen-bond donors (Lipinski definition) is 2. The molecule has 0 bridgehead atoms. The molecule has 0 aliphatic carbocycles. The molecule has 0 atom stereocenters. The number of carbonyl (C=O) groups is 1. The lowest BCUT2D eigenvalue weighted by Crippen LogP contribution is -2.07. The fourth-order valence-corrected chi connectivity index (χ4v) is 2.77. The van der Waals surface area contributed by atoms with Crippen LogP contribution in [0.1, 0.15) is 21.6 Å². The van der Waals surface area contributed by atoms with Gasteiger partial charge < -0.3 is 15.2 Å². The van der Waals surface area contributed by atoms with Crippen LogP contribution in [0.5, 0.6) is 5.75 Å². The smallest absolute Gasteiger partial charge is 0.356 e. The van der Waals surface area contributed by atoms with Crippen LogP contribution >= 0.6 is 15.9 Å². The number of nitrogens with one attached hydrogen (secondary N) is 1. The lowest BCUT2D eigenvalue weighted by molar-refractivity contribution is 0.0690. The van der Waals surface area contributed by atoms with Crippen molar-refractivity contribution in [1.82, 2.24) is 9.97 Å². The van der Waals surface area contributed by atoms with E-state index in [4.69, 9.17) is 9.84 Å². The zero-order chi connectivity index (χ0) is 14.8. The molecule has 0 spiro atoms. The molecular weight excluding hydrogens is 338 g/mol. The van der Waals surface area contributed by atoms with E-state index in [0.717, 1.165) is 22.2 Å². The van der Waals surface area contributed by atoms with Gasteiger partial charge in [0.2, 0.25) is 0 Å². The topological polar surface area (TPSA) is 84.3 Å². The first-order valence-electron chi connectivity index (χ1n) is 6.37. The van der Waals surface area contributed by atoms with E-state index in [0.29, 0.717) is 19.0 Å². The summed E-state index contributed by atoms with van der Waals surface area (Å²) < 4.78 is 6.64. The predicted octanol–water partition coefficient (Wildman–Crippen LogP) is 2.48. The summed E-state index contributed by atoms with van der Waals surface area (Å²) in [5, 5.41) is 12.0. The van der Waals surface area contributed by atoms with Crippen LogP contribution in [0.25, 0.3) is 0 Å². The lowest BCUT2D eigenvalue weighted by atomic mass is 10.1. The van der Waals surface area contributed by atoms with Gasteiger partial charge in [-0.25, -0.2) is 9.78 Å². The highest BCUT2D eigenvalue weighted by atomic mass is 79.9. The van der Waals surface area contributed by atoms with E-state index in [1.54, 1.807) is 0 Å². The van der Waals surface area contributed by atoms with Gasteiger partial charge in [-0.05, 0) is 17.7 Å². The molecule has 2 heterocycles. The number of anilines is 1. The molecule has 0 amide bonds. The monoisotopic (exact) mass is 349 g/mol. The van der Waals surface area contributed by atoms with Crippen molar-refractivity contribution < 1.29 is 14.6 Å². The Balaban J connectivity index is 1.79. The Kier molecular flexibility index (Phi) is 3.74. The lowest BCUT2D eigenvalue weighted by Gasteiger charge is -2.10. The molecule has 0 fully saturated rings. The van der Waals surface area contributed by atoms with Crippen LogP contribution in [0.4, 0.5) is 5.82 Å². The second-order valence-electron chi connectivity index (χ2n) is 4.60. The number of benzene rings is 1. The van der Waals surface area contributed by atoms with Gasteiger partial charge in [0.25, 0.3) is 0 Å². The number of fused-ring (bicyclic) bond motifs is 1. The summed E-state index contributed by atoms with van der Waals surface area (Å²) >= 11 is 3.48. The van der Waals surface area contributed by atoms with E-state index >= 15 is 0 Å². The fraction of sp³-hybridized carbons (Fsp3) is 0.214. The predicted molar refractivity (Wildman–Crippen MR) is 79.7 cm³/mol. The van der Waals surface area contributed by atoms with Crippen molar-refractivity contribution in [2.24, 2.45) is 0 Å². The molecule has 1 aliphatic heterocycles. The number of halogens is 1. The van der Waals surface area contributed by atoms with Crippen molar-refractivity contribution in [1.29, 1.82) is 0 Å². The van der Waals surface area contributed by atoms with Gasteiger partial charge in [0.05, 0.1) is 19.0 Å². The van der Waals surface area contributed by atoms with Crippen molar-refractivity contribution in [3.05, 3.63) is 45.8 Å². The summed E-state index contributed by atoms with van der Waals surface area (Å²) in [4.78, 5) is 18.7. The molecule has 1 aliphatic rings. The first-order valence-corrected chi connectivity index (χ1v) is 7.16. The molecule has 3 rings (SSSR count). The summed E-state index contributed by atoms with van der Waals surface area (Å²) in [6.07, 6.45) is 3.61. The third-order valence-electron chi connectivity index (χ3n) is 3.14. The highest BCUT2D eigenvalue weighted by Crippen LogP contribution is 2.33. The van der Waals surface area contributed by atoms with Crippen LogP contribution in [0.15, 0.2) is 29.0 Å². The minimum atomic E-state index is -1.10. The summed E-state index contributed by atoms with van der Waals surface area (Å²) in [5.74, 6) is 0.215. The third kappa shape index (κ3) is 2.97. The van der Waals surface area contributed by atoms with Crippen molar-refractivity contribution in [2.45, 2.75) is 13.0 Å². The maximum atomic E-state index is 10.9. The van der Waals surface area contributed by atoms with E-state index in [1.807, 2.05) is 6.07 Å². The van der Waals surface area contributed by atoms with Gasteiger partial charge in [-0.2, -0.15) is 0 Å². The highest BCUT2D eigenvalue weighted by molar-refractivity contribution is 9.10. The molecule has 7 heteroatoms. The number of aromatic nitrogens is 2. The minimum absolute atomic E-state index is 0.0873. The van der Waals surface area contributed by atoms with E-state index in [1.165, 1.54) is 18.0 Å². The number of nitrogens with zero attached hydrogens (tertiary/aromatic N) is 2. The van der Waals surface area contributed by atoms with E-state index < -0.39 is 5.97 Å². The van der Waals surface area contributed by atoms with Gasteiger partial charge in [-0.1, -0.05) is 15.9 Å². The van der Waals surface area contributed by atoms with Crippen LogP contribution in [-0.4, -0.2) is 27.7 Å². The van der Waals surface area contributed by atoms with Crippen LogP contribution in [0, 0.1) is 0 Å². The van der Waals surface area contributed by atoms with Crippen molar-refractivity contribution >= 4 is 27.7 Å². The molecule has 2 N–H and O–H groups in total. The summed E-state index contributed by atoms with van der Waals surface area (Å²) in [6.45, 7) is 1.17. The average Bonchev–Trinajstić information content (AvgIpc) is 2.93. The Morgan fingerprint density at radius 3 is 3.10 bits per heavy atom. The number of carboxylic acid groups (broad SMARTS) is 1. The van der Waals surface area contributed by atoms with Crippen LogP contribution in [0.3, 0.4) is 0 Å². The second-order valence-corrected chi connectivity index (χ2v) is 5.52. The van der Waals surface area contributed by atoms with Gasteiger partial charge in [0.15, 0.2) is 5.69 Å². The quantitative estimate of drug-likeness (QED) is 0.881.